The predicted octanol–water partition coefficient (Wildman–Crippen LogP) is 2.06. The Morgan fingerprint density at radius 2 is 2.33 bits per heavy atom. The van der Waals surface area contributed by atoms with E-state index in [1.807, 2.05) is 0 Å². The molecule has 0 aliphatic rings. The molecule has 0 bridgehead atoms. The molecule has 0 radical (unpaired) electrons. The van der Waals surface area contributed by atoms with Gasteiger partial charge in [0.25, 0.3) is 0 Å². The van der Waals surface area contributed by atoms with Gasteiger partial charge in [0.2, 0.25) is 0 Å². The Hall–Kier alpha value is -1.89. The van der Waals surface area contributed by atoms with Crippen molar-refractivity contribution in [2.24, 2.45) is 0 Å². The summed E-state index contributed by atoms with van der Waals surface area (Å²) < 4.78 is 18.2. The zero-order chi connectivity index (χ0) is 11.3. The summed E-state index contributed by atoms with van der Waals surface area (Å²) in [6.07, 6.45) is 0.251. The van der Waals surface area contributed by atoms with Gasteiger partial charge in [-0.25, -0.2) is 4.39 Å². The van der Waals surface area contributed by atoms with Gasteiger partial charge in [-0.2, -0.15) is 5.26 Å². The van der Waals surface area contributed by atoms with Gasteiger partial charge < -0.3 is 4.74 Å². The maximum absolute atomic E-state index is 13.1. The van der Waals surface area contributed by atoms with Crippen molar-refractivity contribution in [3.05, 3.63) is 29.6 Å². The van der Waals surface area contributed by atoms with Gasteiger partial charge in [-0.15, -0.1) is 0 Å². The molecule has 0 N–H and O–H groups in total. The molecule has 15 heavy (non-hydrogen) atoms. The van der Waals surface area contributed by atoms with Crippen LogP contribution in [0.2, 0.25) is 0 Å². The highest BCUT2D eigenvalue weighted by Crippen LogP contribution is 2.20. The van der Waals surface area contributed by atoms with Gasteiger partial charge in [-0.05, 0) is 19.1 Å². The van der Waals surface area contributed by atoms with Crippen LogP contribution < -0.4 is 4.74 Å². The van der Waals surface area contributed by atoms with Gasteiger partial charge in [0.15, 0.2) is 0 Å². The summed E-state index contributed by atoms with van der Waals surface area (Å²) in [5, 5.41) is 8.67. The maximum Gasteiger partial charge on any atom is 0.144 e. The summed E-state index contributed by atoms with van der Waals surface area (Å²) in [5.74, 6) is -0.443. The lowest BCUT2D eigenvalue weighted by molar-refractivity contribution is -0.117. The van der Waals surface area contributed by atoms with Crippen molar-refractivity contribution in [1.82, 2.24) is 0 Å². The number of hydrogen-bond acceptors (Lipinski definition) is 3. The summed E-state index contributed by atoms with van der Waals surface area (Å²) in [6.45, 7) is 1.60. The van der Waals surface area contributed by atoms with Crippen LogP contribution in [-0.4, -0.2) is 12.4 Å². The normalized spacial score (nSPS) is 9.40. The highest BCUT2D eigenvalue weighted by molar-refractivity contribution is 5.75. The second kappa shape index (κ2) is 5.11. The molecule has 3 nitrogen and oxygen atoms in total. The summed E-state index contributed by atoms with van der Waals surface area (Å²) in [6, 6.07) is 5.87. The Morgan fingerprint density at radius 3 is 2.93 bits per heavy atom. The molecule has 0 amide bonds. The van der Waals surface area contributed by atoms with E-state index in [9.17, 15) is 9.18 Å². The molecule has 0 saturated carbocycles. The van der Waals surface area contributed by atoms with Crippen molar-refractivity contribution in [3.63, 3.8) is 0 Å². The number of benzene rings is 1. The number of carbonyl (C=O) groups excluding carboxylic acids is 1. The van der Waals surface area contributed by atoms with Crippen LogP contribution in [0.15, 0.2) is 18.2 Å². The van der Waals surface area contributed by atoms with Crippen molar-refractivity contribution in [2.45, 2.75) is 13.3 Å². The zero-order valence-corrected chi connectivity index (χ0v) is 8.29. The molecule has 0 heterocycles. The van der Waals surface area contributed by atoms with Crippen molar-refractivity contribution in [3.8, 4) is 11.8 Å². The van der Waals surface area contributed by atoms with E-state index < -0.39 is 5.82 Å². The largest absolute Gasteiger partial charge is 0.492 e. The van der Waals surface area contributed by atoms with E-state index in [1.54, 1.807) is 6.07 Å². The van der Waals surface area contributed by atoms with Crippen LogP contribution in [0, 0.1) is 17.1 Å². The molecule has 0 fully saturated rings. The van der Waals surface area contributed by atoms with Crippen LogP contribution in [0.5, 0.6) is 5.75 Å². The summed E-state index contributed by atoms with van der Waals surface area (Å²) >= 11 is 0. The molecule has 0 saturated heterocycles. The average molecular weight is 207 g/mol. The predicted molar refractivity (Wildman–Crippen MR) is 51.9 cm³/mol. The first kappa shape index (κ1) is 11.2. The number of nitrogens with zero attached hydrogens (tertiary/aromatic N) is 1. The molecule has 0 unspecified atom stereocenters. The Balaban J connectivity index is 2.73. The minimum Gasteiger partial charge on any atom is -0.492 e. The minimum absolute atomic E-state index is 0.00934. The molecule has 0 atom stereocenters. The molecule has 4 heteroatoms. The number of halogens is 1. The maximum atomic E-state index is 13.1. The number of ether oxygens (including phenoxy) is 1. The summed E-state index contributed by atoms with van der Waals surface area (Å²) in [7, 11) is 0. The number of hydrogen-bond donors (Lipinski definition) is 0. The Bertz CT molecular complexity index is 410. The van der Waals surface area contributed by atoms with Crippen molar-refractivity contribution >= 4 is 5.78 Å². The molecule has 78 valence electrons. The van der Waals surface area contributed by atoms with E-state index in [1.165, 1.54) is 25.1 Å². The molecule has 1 aromatic rings. The lowest BCUT2D eigenvalue weighted by Crippen LogP contribution is -2.04. The van der Waals surface area contributed by atoms with Gasteiger partial charge in [0, 0.05) is 6.42 Å². The smallest absolute Gasteiger partial charge is 0.144 e. The van der Waals surface area contributed by atoms with Crippen molar-refractivity contribution < 1.29 is 13.9 Å². The highest BCUT2D eigenvalue weighted by Gasteiger charge is 2.08. The van der Waals surface area contributed by atoms with Crippen molar-refractivity contribution in [1.29, 1.82) is 5.26 Å². The number of carbonyl (C=O) groups is 1. The SMILES string of the molecule is CC(=O)CCOc1cccc(F)c1C#N. The fourth-order valence-corrected chi connectivity index (χ4v) is 1.04. The second-order valence-corrected chi connectivity index (χ2v) is 3.03. The Labute approximate surface area is 87.1 Å². The van der Waals surface area contributed by atoms with E-state index in [4.69, 9.17) is 10.00 Å². The topological polar surface area (TPSA) is 50.1 Å². The minimum atomic E-state index is -0.613. The first-order valence-electron chi connectivity index (χ1n) is 4.46. The van der Waals surface area contributed by atoms with Crippen LogP contribution >= 0.6 is 0 Å². The Kier molecular flexibility index (Phi) is 3.81. The molecule has 0 spiro atoms. The molecule has 0 aromatic heterocycles. The number of nitriles is 1. The van der Waals surface area contributed by atoms with E-state index in [0.29, 0.717) is 0 Å². The van der Waals surface area contributed by atoms with Gasteiger partial charge in [0.1, 0.15) is 29.0 Å². The van der Waals surface area contributed by atoms with Crippen molar-refractivity contribution in [2.75, 3.05) is 6.61 Å². The summed E-state index contributed by atoms with van der Waals surface area (Å²) in [5.41, 5.74) is -0.124. The number of rotatable bonds is 4. The molecular formula is C11H10FNO2. The monoisotopic (exact) mass is 207 g/mol. The average Bonchev–Trinajstić information content (AvgIpc) is 2.17. The Morgan fingerprint density at radius 1 is 1.60 bits per heavy atom. The summed E-state index contributed by atoms with van der Waals surface area (Å²) in [4.78, 5) is 10.6. The highest BCUT2D eigenvalue weighted by atomic mass is 19.1. The first-order valence-corrected chi connectivity index (χ1v) is 4.46. The van der Waals surface area contributed by atoms with Gasteiger partial charge in [-0.1, -0.05) is 6.07 Å². The third-order valence-electron chi connectivity index (χ3n) is 1.80. The third-order valence-corrected chi connectivity index (χ3v) is 1.80. The molecule has 0 aliphatic heterocycles. The fraction of sp³-hybridized carbons (Fsp3) is 0.273. The van der Waals surface area contributed by atoms with Crippen LogP contribution in [-0.2, 0) is 4.79 Å². The van der Waals surface area contributed by atoms with E-state index in [2.05, 4.69) is 0 Å². The standard InChI is InChI=1S/C11H10FNO2/c1-8(14)5-6-15-11-4-2-3-10(12)9(11)7-13/h2-4H,5-6H2,1H3. The van der Waals surface area contributed by atoms with E-state index in [-0.39, 0.29) is 30.1 Å². The molecular weight excluding hydrogens is 197 g/mol. The van der Waals surface area contributed by atoms with Crippen LogP contribution in [0.1, 0.15) is 18.9 Å². The number of ketones is 1. The second-order valence-electron chi connectivity index (χ2n) is 3.03. The quantitative estimate of drug-likeness (QED) is 0.759. The molecule has 1 rings (SSSR count). The van der Waals surface area contributed by atoms with Gasteiger partial charge >= 0.3 is 0 Å². The first-order chi connectivity index (χ1) is 7.15. The molecule has 0 aliphatic carbocycles. The molecule has 1 aromatic carbocycles. The van der Waals surface area contributed by atoms with E-state index >= 15 is 0 Å². The van der Waals surface area contributed by atoms with Gasteiger partial charge in [0.05, 0.1) is 6.61 Å². The van der Waals surface area contributed by atoms with E-state index in [0.717, 1.165) is 0 Å². The number of Topliss-reactive ketones (excluding diaryl/α,β-unsaturated/α-hetero) is 1. The lowest BCUT2D eigenvalue weighted by atomic mass is 10.2. The lowest BCUT2D eigenvalue weighted by Gasteiger charge is -2.06. The van der Waals surface area contributed by atoms with Gasteiger partial charge in [-0.3, -0.25) is 4.79 Å². The van der Waals surface area contributed by atoms with Crippen LogP contribution in [0.25, 0.3) is 0 Å². The van der Waals surface area contributed by atoms with Crippen LogP contribution in [0.3, 0.4) is 0 Å². The third kappa shape index (κ3) is 3.06. The zero-order valence-electron chi connectivity index (χ0n) is 8.29. The van der Waals surface area contributed by atoms with Crippen LogP contribution in [0.4, 0.5) is 4.39 Å². The fourth-order valence-electron chi connectivity index (χ4n) is 1.04.